The Morgan fingerprint density at radius 2 is 2.00 bits per heavy atom. The number of carbonyl (C=O) groups is 2. The molecule has 18 heavy (non-hydrogen) atoms. The highest BCUT2D eigenvalue weighted by atomic mass is 16.6. The summed E-state index contributed by atoms with van der Waals surface area (Å²) in [6.45, 7) is 7.11. The lowest BCUT2D eigenvalue weighted by molar-refractivity contribution is -0.155. The average Bonchev–Trinajstić information content (AvgIpc) is 2.26. The van der Waals surface area contributed by atoms with Crippen LogP contribution in [0.5, 0.6) is 0 Å². The minimum atomic E-state index is -0.523. The smallest absolute Gasteiger partial charge is 0.307 e. The first-order valence-electron chi connectivity index (χ1n) is 5.96. The zero-order valence-corrected chi connectivity index (χ0v) is 11.3. The first-order valence-corrected chi connectivity index (χ1v) is 5.96. The van der Waals surface area contributed by atoms with Crippen LogP contribution in [0.4, 0.5) is 0 Å². The fraction of sp³-hybridized carbons (Fsp3) is 0.500. The molecule has 0 fully saturated rings. The highest BCUT2D eigenvalue weighted by molar-refractivity contribution is 5.97. The Kier molecular flexibility index (Phi) is 4.59. The van der Waals surface area contributed by atoms with Crippen molar-refractivity contribution in [1.82, 2.24) is 4.98 Å². The predicted octanol–water partition coefficient (Wildman–Crippen LogP) is 2.63. The lowest BCUT2D eigenvalue weighted by Gasteiger charge is -2.20. The Hall–Kier alpha value is -1.71. The fourth-order valence-corrected chi connectivity index (χ4v) is 1.49. The molecule has 0 bridgehead atoms. The van der Waals surface area contributed by atoms with Crippen LogP contribution in [0.1, 0.15) is 44.6 Å². The van der Waals surface area contributed by atoms with E-state index in [1.165, 1.54) is 0 Å². The molecule has 1 heterocycles. The van der Waals surface area contributed by atoms with Gasteiger partial charge in [-0.1, -0.05) is 13.0 Å². The molecular formula is C14H19NO3. The fourth-order valence-electron chi connectivity index (χ4n) is 1.49. The van der Waals surface area contributed by atoms with Crippen molar-refractivity contribution in [2.24, 2.45) is 5.92 Å². The SMILES string of the molecule is C[C@H](CC(=O)OC(C)(C)C)C(=O)c1ccccn1. The topological polar surface area (TPSA) is 56.3 Å². The molecule has 0 aliphatic rings. The number of rotatable bonds is 4. The molecule has 0 radical (unpaired) electrons. The van der Waals surface area contributed by atoms with Crippen molar-refractivity contribution >= 4 is 11.8 Å². The van der Waals surface area contributed by atoms with Crippen molar-refractivity contribution in [2.45, 2.75) is 39.7 Å². The van der Waals surface area contributed by atoms with E-state index in [2.05, 4.69) is 4.98 Å². The first-order chi connectivity index (χ1) is 8.29. The maximum absolute atomic E-state index is 12.0. The third-order valence-electron chi connectivity index (χ3n) is 2.26. The van der Waals surface area contributed by atoms with Crippen LogP contribution in [0.15, 0.2) is 24.4 Å². The summed E-state index contributed by atoms with van der Waals surface area (Å²) < 4.78 is 5.18. The van der Waals surface area contributed by atoms with Crippen LogP contribution in [-0.2, 0) is 9.53 Å². The first kappa shape index (κ1) is 14.4. The average molecular weight is 249 g/mol. The molecule has 0 amide bonds. The standard InChI is InChI=1S/C14H19NO3/c1-10(9-12(16)18-14(2,3)4)13(17)11-7-5-6-8-15-11/h5-8,10H,9H2,1-4H3/t10-/m1/s1. The molecule has 0 unspecified atom stereocenters. The highest BCUT2D eigenvalue weighted by Gasteiger charge is 2.23. The van der Waals surface area contributed by atoms with Crippen molar-refractivity contribution in [3.63, 3.8) is 0 Å². The third kappa shape index (κ3) is 4.65. The zero-order chi connectivity index (χ0) is 13.8. The van der Waals surface area contributed by atoms with E-state index in [1.54, 1.807) is 52.1 Å². The molecule has 4 heteroatoms. The van der Waals surface area contributed by atoms with E-state index in [9.17, 15) is 9.59 Å². The zero-order valence-electron chi connectivity index (χ0n) is 11.3. The predicted molar refractivity (Wildman–Crippen MR) is 68.2 cm³/mol. The van der Waals surface area contributed by atoms with Crippen molar-refractivity contribution in [3.05, 3.63) is 30.1 Å². The number of carbonyl (C=O) groups excluding carboxylic acids is 2. The second-order valence-electron chi connectivity index (χ2n) is 5.27. The van der Waals surface area contributed by atoms with Crippen LogP contribution in [0, 0.1) is 5.92 Å². The van der Waals surface area contributed by atoms with Gasteiger partial charge in [0.05, 0.1) is 6.42 Å². The van der Waals surface area contributed by atoms with E-state index in [4.69, 9.17) is 4.74 Å². The van der Waals surface area contributed by atoms with Crippen LogP contribution in [-0.4, -0.2) is 22.3 Å². The van der Waals surface area contributed by atoms with Gasteiger partial charge in [-0.25, -0.2) is 0 Å². The second kappa shape index (κ2) is 5.76. The van der Waals surface area contributed by atoms with Gasteiger partial charge in [0.1, 0.15) is 11.3 Å². The Bertz CT molecular complexity index is 420. The Balaban J connectivity index is 2.59. The third-order valence-corrected chi connectivity index (χ3v) is 2.26. The summed E-state index contributed by atoms with van der Waals surface area (Å²) in [4.78, 5) is 27.6. The molecule has 0 saturated carbocycles. The van der Waals surface area contributed by atoms with Crippen molar-refractivity contribution in [1.29, 1.82) is 0 Å². The van der Waals surface area contributed by atoms with Crippen molar-refractivity contribution < 1.29 is 14.3 Å². The van der Waals surface area contributed by atoms with Gasteiger partial charge in [0, 0.05) is 12.1 Å². The van der Waals surface area contributed by atoms with Crippen LogP contribution in [0.2, 0.25) is 0 Å². The summed E-state index contributed by atoms with van der Waals surface area (Å²) in [7, 11) is 0. The van der Waals surface area contributed by atoms with E-state index < -0.39 is 11.5 Å². The van der Waals surface area contributed by atoms with Gasteiger partial charge in [0.25, 0.3) is 0 Å². The molecule has 0 saturated heterocycles. The van der Waals surface area contributed by atoms with Gasteiger partial charge >= 0.3 is 5.97 Å². The maximum Gasteiger partial charge on any atom is 0.307 e. The van der Waals surface area contributed by atoms with Crippen LogP contribution in [0.25, 0.3) is 0 Å². The summed E-state index contributed by atoms with van der Waals surface area (Å²) in [5.41, 5.74) is -0.140. The summed E-state index contributed by atoms with van der Waals surface area (Å²) in [6.07, 6.45) is 1.64. The van der Waals surface area contributed by atoms with E-state index in [0.29, 0.717) is 5.69 Å². The van der Waals surface area contributed by atoms with Gasteiger partial charge in [-0.15, -0.1) is 0 Å². The second-order valence-corrected chi connectivity index (χ2v) is 5.27. The van der Waals surface area contributed by atoms with E-state index in [0.717, 1.165) is 0 Å². The molecule has 4 nitrogen and oxygen atoms in total. The molecule has 98 valence electrons. The summed E-state index contributed by atoms with van der Waals surface area (Å²) in [6, 6.07) is 5.14. The highest BCUT2D eigenvalue weighted by Crippen LogP contribution is 2.14. The summed E-state index contributed by atoms with van der Waals surface area (Å²) >= 11 is 0. The lowest BCUT2D eigenvalue weighted by atomic mass is 9.99. The van der Waals surface area contributed by atoms with Crippen LogP contribution >= 0.6 is 0 Å². The van der Waals surface area contributed by atoms with Gasteiger partial charge in [0.2, 0.25) is 0 Å². The number of pyridine rings is 1. The Morgan fingerprint density at radius 3 is 2.50 bits per heavy atom. The Morgan fingerprint density at radius 1 is 1.33 bits per heavy atom. The maximum atomic E-state index is 12.0. The van der Waals surface area contributed by atoms with Gasteiger partial charge in [-0.3, -0.25) is 14.6 Å². The van der Waals surface area contributed by atoms with Gasteiger partial charge in [-0.2, -0.15) is 0 Å². The van der Waals surface area contributed by atoms with Crippen molar-refractivity contribution in [2.75, 3.05) is 0 Å². The van der Waals surface area contributed by atoms with E-state index in [-0.39, 0.29) is 18.2 Å². The van der Waals surface area contributed by atoms with Gasteiger partial charge in [-0.05, 0) is 32.9 Å². The number of Topliss-reactive ketones (excluding diaryl/α,β-unsaturated/α-hetero) is 1. The molecule has 1 atom stereocenters. The number of nitrogens with zero attached hydrogens (tertiary/aromatic N) is 1. The van der Waals surface area contributed by atoms with Crippen molar-refractivity contribution in [3.8, 4) is 0 Å². The largest absolute Gasteiger partial charge is 0.460 e. The number of hydrogen-bond acceptors (Lipinski definition) is 4. The molecule has 1 aromatic rings. The molecular weight excluding hydrogens is 230 g/mol. The number of ether oxygens (including phenoxy) is 1. The normalized spacial score (nSPS) is 12.9. The molecule has 1 aromatic heterocycles. The monoisotopic (exact) mass is 249 g/mol. The number of esters is 1. The number of ketones is 1. The number of hydrogen-bond donors (Lipinski definition) is 0. The van der Waals surface area contributed by atoms with Gasteiger partial charge in [0.15, 0.2) is 5.78 Å². The summed E-state index contributed by atoms with van der Waals surface area (Å²) in [5, 5.41) is 0. The Labute approximate surface area is 107 Å². The lowest BCUT2D eigenvalue weighted by Crippen LogP contribution is -2.26. The molecule has 0 aliphatic heterocycles. The molecule has 0 aliphatic carbocycles. The molecule has 1 rings (SSSR count). The number of aromatic nitrogens is 1. The van der Waals surface area contributed by atoms with E-state index in [1.807, 2.05) is 0 Å². The minimum Gasteiger partial charge on any atom is -0.460 e. The molecule has 0 N–H and O–H groups in total. The molecule has 0 spiro atoms. The van der Waals surface area contributed by atoms with Gasteiger partial charge < -0.3 is 4.74 Å². The van der Waals surface area contributed by atoms with Crippen LogP contribution in [0.3, 0.4) is 0 Å². The minimum absolute atomic E-state index is 0.0761. The summed E-state index contributed by atoms with van der Waals surface area (Å²) in [5.74, 6) is -0.921. The van der Waals surface area contributed by atoms with Crippen LogP contribution < -0.4 is 0 Å². The van der Waals surface area contributed by atoms with E-state index >= 15 is 0 Å². The molecule has 0 aromatic carbocycles. The quantitative estimate of drug-likeness (QED) is 0.608.